The molecular formula is C75H142O17P2. The van der Waals surface area contributed by atoms with Crippen molar-refractivity contribution in [2.45, 2.75) is 381 Å². The number of aliphatic hydroxyl groups is 1. The monoisotopic (exact) mass is 1380 g/mol. The molecule has 0 aromatic heterocycles. The van der Waals surface area contributed by atoms with E-state index in [4.69, 9.17) is 37.0 Å². The van der Waals surface area contributed by atoms with Crippen molar-refractivity contribution in [3.05, 3.63) is 24.3 Å². The maximum Gasteiger partial charge on any atom is 0.472 e. The molecule has 554 valence electrons. The van der Waals surface area contributed by atoms with Crippen LogP contribution >= 0.6 is 15.6 Å². The average molecular weight is 1380 g/mol. The number of phosphoric acid groups is 2. The van der Waals surface area contributed by atoms with Gasteiger partial charge in [-0.3, -0.25) is 37.3 Å². The number of phosphoric ester groups is 2. The number of ether oxygens (including phenoxy) is 4. The van der Waals surface area contributed by atoms with Crippen LogP contribution in [0.4, 0.5) is 0 Å². The van der Waals surface area contributed by atoms with Gasteiger partial charge in [-0.25, -0.2) is 9.13 Å². The number of carbonyl (C=O) groups is 4. The van der Waals surface area contributed by atoms with Crippen LogP contribution in [0.15, 0.2) is 24.3 Å². The van der Waals surface area contributed by atoms with Crippen LogP contribution in [0.25, 0.3) is 0 Å². The first-order valence-corrected chi connectivity index (χ1v) is 41.3. The standard InChI is InChI=1S/C75H142O17P2/c1-7-9-11-13-15-17-19-21-22-27-30-34-38-45-51-57-72(77)85-63-70(91-74(79)60-54-48-40-36-32-28-24-23-26-29-33-37-43-49-55-67(3)4)65-89-93(81,82)87-61-69(76)62-88-94(83,84)90-66-71(64-86-73(78)58-52-46-42-41-44-50-56-68(5)6)92-75(80)59-53-47-39-35-31-25-20-18-16-14-12-10-8-2/h17,19,21-22,67-71,76H,7-16,18,20,23-66H2,1-6H3,(H,81,82)(H,83,84)/b19-17-,22-21-/t69-,70-,71-/m1/s1. The summed E-state index contributed by atoms with van der Waals surface area (Å²) in [7, 11) is -9.92. The number of rotatable bonds is 72. The smallest absolute Gasteiger partial charge is 0.462 e. The zero-order chi connectivity index (χ0) is 69.3. The molecule has 0 amide bonds. The van der Waals surface area contributed by atoms with Crippen molar-refractivity contribution >= 4 is 39.5 Å². The SMILES string of the molecule is CCCCCC/C=C\C=C/CCCCCCCC(=O)OC[C@H](COP(=O)(O)OC[C@@H](O)COP(=O)(O)OC[C@@H](COC(=O)CCCCCCCCC(C)C)OC(=O)CCCCCCCCCCCCCCC)OC(=O)CCCCCCCCCCCCCCCCC(C)C. The van der Waals surface area contributed by atoms with E-state index in [9.17, 15) is 43.2 Å². The van der Waals surface area contributed by atoms with E-state index in [1.165, 1.54) is 154 Å². The van der Waals surface area contributed by atoms with Crippen molar-refractivity contribution in [1.29, 1.82) is 0 Å². The molecule has 0 bridgehead atoms. The Kier molecular flexibility index (Phi) is 64.7. The van der Waals surface area contributed by atoms with Gasteiger partial charge in [0.15, 0.2) is 12.2 Å². The molecule has 0 radical (unpaired) electrons. The van der Waals surface area contributed by atoms with E-state index in [2.05, 4.69) is 65.8 Å². The van der Waals surface area contributed by atoms with E-state index in [1.54, 1.807) is 0 Å². The van der Waals surface area contributed by atoms with Crippen molar-refractivity contribution in [1.82, 2.24) is 0 Å². The second-order valence-electron chi connectivity index (χ2n) is 27.3. The summed E-state index contributed by atoms with van der Waals surface area (Å²) in [5.41, 5.74) is 0. The van der Waals surface area contributed by atoms with E-state index < -0.39 is 97.5 Å². The zero-order valence-corrected chi connectivity index (χ0v) is 62.5. The Hall–Kier alpha value is -2.46. The summed E-state index contributed by atoms with van der Waals surface area (Å²) in [4.78, 5) is 72.7. The summed E-state index contributed by atoms with van der Waals surface area (Å²) in [6, 6.07) is 0. The fourth-order valence-corrected chi connectivity index (χ4v) is 12.5. The normalized spacial score (nSPS) is 14.2. The van der Waals surface area contributed by atoms with Gasteiger partial charge in [0.2, 0.25) is 0 Å². The molecule has 19 heteroatoms. The highest BCUT2D eigenvalue weighted by atomic mass is 31.2. The predicted octanol–water partition coefficient (Wildman–Crippen LogP) is 21.5. The van der Waals surface area contributed by atoms with Gasteiger partial charge in [0.1, 0.15) is 19.3 Å². The molecule has 5 atom stereocenters. The molecule has 0 rings (SSSR count). The maximum absolute atomic E-state index is 13.1. The third-order valence-electron chi connectivity index (χ3n) is 16.8. The van der Waals surface area contributed by atoms with Crippen LogP contribution in [0.5, 0.6) is 0 Å². The molecule has 0 saturated heterocycles. The summed E-state index contributed by atoms with van der Waals surface area (Å²) >= 11 is 0. The average Bonchev–Trinajstić information content (AvgIpc) is 1.14. The maximum atomic E-state index is 13.1. The highest BCUT2D eigenvalue weighted by Crippen LogP contribution is 2.45. The lowest BCUT2D eigenvalue weighted by molar-refractivity contribution is -0.161. The molecule has 0 aliphatic heterocycles. The van der Waals surface area contributed by atoms with Crippen LogP contribution < -0.4 is 0 Å². The van der Waals surface area contributed by atoms with Crippen molar-refractivity contribution < 1.29 is 80.2 Å². The van der Waals surface area contributed by atoms with Crippen LogP contribution in [0.3, 0.4) is 0 Å². The lowest BCUT2D eigenvalue weighted by atomic mass is 10.0. The zero-order valence-electron chi connectivity index (χ0n) is 60.7. The van der Waals surface area contributed by atoms with Crippen molar-refractivity contribution in [2.75, 3.05) is 39.6 Å². The van der Waals surface area contributed by atoms with Gasteiger partial charge < -0.3 is 33.8 Å². The Labute approximate surface area is 573 Å². The molecule has 0 aromatic rings. The van der Waals surface area contributed by atoms with Gasteiger partial charge in [-0.2, -0.15) is 0 Å². The van der Waals surface area contributed by atoms with E-state index in [-0.39, 0.29) is 25.7 Å². The number of esters is 4. The minimum atomic E-state index is -4.96. The van der Waals surface area contributed by atoms with E-state index >= 15 is 0 Å². The summed E-state index contributed by atoms with van der Waals surface area (Å²) in [5.74, 6) is -0.678. The molecule has 17 nitrogen and oxygen atoms in total. The number of hydrogen-bond donors (Lipinski definition) is 3. The van der Waals surface area contributed by atoms with Crippen LogP contribution in [0.1, 0.15) is 363 Å². The van der Waals surface area contributed by atoms with Gasteiger partial charge in [0.25, 0.3) is 0 Å². The Morgan fingerprint density at radius 2 is 0.574 bits per heavy atom. The molecule has 0 fully saturated rings. The Bertz CT molecular complexity index is 1910. The fraction of sp³-hybridized carbons (Fsp3) is 0.893. The van der Waals surface area contributed by atoms with Gasteiger partial charge in [0.05, 0.1) is 26.4 Å². The number of allylic oxidation sites excluding steroid dienone is 4. The van der Waals surface area contributed by atoms with Crippen molar-refractivity contribution in [3.8, 4) is 0 Å². The summed E-state index contributed by atoms with van der Waals surface area (Å²) in [6.45, 7) is 9.46. The topological polar surface area (TPSA) is 237 Å². The number of aliphatic hydroxyl groups excluding tert-OH is 1. The lowest BCUT2D eigenvalue weighted by Crippen LogP contribution is -2.30. The Morgan fingerprint density at radius 3 is 0.872 bits per heavy atom. The third-order valence-corrected chi connectivity index (χ3v) is 18.7. The first-order valence-electron chi connectivity index (χ1n) is 38.3. The first kappa shape index (κ1) is 91.5. The minimum Gasteiger partial charge on any atom is -0.462 e. The van der Waals surface area contributed by atoms with Gasteiger partial charge in [-0.1, -0.05) is 310 Å². The van der Waals surface area contributed by atoms with Crippen LogP contribution in [-0.4, -0.2) is 96.7 Å². The van der Waals surface area contributed by atoms with Gasteiger partial charge in [-0.15, -0.1) is 0 Å². The molecule has 0 aliphatic carbocycles. The van der Waals surface area contributed by atoms with Crippen molar-refractivity contribution in [3.63, 3.8) is 0 Å². The number of unbranched alkanes of at least 4 members (excludes halogenated alkanes) is 39. The lowest BCUT2D eigenvalue weighted by Gasteiger charge is -2.21. The van der Waals surface area contributed by atoms with Crippen LogP contribution in [0, 0.1) is 11.8 Å². The molecule has 94 heavy (non-hydrogen) atoms. The van der Waals surface area contributed by atoms with Gasteiger partial charge in [0, 0.05) is 25.7 Å². The first-order chi connectivity index (χ1) is 45.4. The van der Waals surface area contributed by atoms with E-state index in [0.717, 1.165) is 121 Å². The van der Waals surface area contributed by atoms with Crippen LogP contribution in [0.2, 0.25) is 0 Å². The molecule has 2 unspecified atom stereocenters. The molecule has 0 spiro atoms. The highest BCUT2D eigenvalue weighted by Gasteiger charge is 2.30. The third kappa shape index (κ3) is 68.1. The number of carbonyl (C=O) groups excluding carboxylic acids is 4. The summed E-state index contributed by atoms with van der Waals surface area (Å²) in [5, 5.41) is 10.6. The molecule has 0 aromatic carbocycles. The largest absolute Gasteiger partial charge is 0.472 e. The fourth-order valence-electron chi connectivity index (χ4n) is 10.9. The second kappa shape index (κ2) is 66.4. The Morgan fingerprint density at radius 1 is 0.330 bits per heavy atom. The highest BCUT2D eigenvalue weighted by molar-refractivity contribution is 7.47. The predicted molar refractivity (Wildman–Crippen MR) is 381 cm³/mol. The quantitative estimate of drug-likeness (QED) is 0.0169. The molecular weight excluding hydrogens is 1230 g/mol. The second-order valence-corrected chi connectivity index (χ2v) is 30.2. The molecule has 0 saturated carbocycles. The number of hydrogen-bond acceptors (Lipinski definition) is 15. The summed E-state index contributed by atoms with van der Waals surface area (Å²) < 4.78 is 68.4. The van der Waals surface area contributed by atoms with Gasteiger partial charge in [-0.05, 0) is 63.2 Å². The summed E-state index contributed by atoms with van der Waals surface area (Å²) in [6.07, 6.45) is 56.4. The molecule has 0 aliphatic rings. The van der Waals surface area contributed by atoms with E-state index in [0.29, 0.717) is 31.6 Å². The minimum absolute atomic E-state index is 0.100. The molecule has 0 heterocycles. The van der Waals surface area contributed by atoms with Crippen molar-refractivity contribution in [2.24, 2.45) is 11.8 Å². The molecule has 3 N–H and O–H groups in total. The Balaban J connectivity index is 5.27. The van der Waals surface area contributed by atoms with Crippen LogP contribution in [-0.2, 0) is 65.4 Å². The van der Waals surface area contributed by atoms with E-state index in [1.807, 2.05) is 0 Å². The van der Waals surface area contributed by atoms with Gasteiger partial charge >= 0.3 is 39.5 Å².